The molecule has 204 valence electrons. The monoisotopic (exact) mass is 526 g/mol. The van der Waals surface area contributed by atoms with E-state index >= 15 is 0 Å². The molecule has 3 heterocycles. The molecule has 5 rings (SSSR count). The summed E-state index contributed by atoms with van der Waals surface area (Å²) in [6.07, 6.45) is 6.36. The Labute approximate surface area is 231 Å². The average molecular weight is 527 g/mol. The fourth-order valence-electron chi connectivity index (χ4n) is 5.77. The minimum absolute atomic E-state index is 0.110. The maximum Gasteiger partial charge on any atom is 0.310 e. The van der Waals surface area contributed by atoms with Crippen LogP contribution in [0.2, 0.25) is 0 Å². The Morgan fingerprint density at radius 1 is 1.00 bits per heavy atom. The van der Waals surface area contributed by atoms with Gasteiger partial charge in [0.15, 0.2) is 5.82 Å². The minimum Gasteiger partial charge on any atom is -0.466 e. The van der Waals surface area contributed by atoms with Crippen molar-refractivity contribution in [2.45, 2.75) is 46.0 Å². The summed E-state index contributed by atoms with van der Waals surface area (Å²) in [4.78, 5) is 39.9. The molecule has 2 fully saturated rings. The highest BCUT2D eigenvalue weighted by atomic mass is 16.5. The van der Waals surface area contributed by atoms with E-state index in [1.54, 1.807) is 11.1 Å². The first kappa shape index (κ1) is 26.9. The number of ether oxygens (including phenoxy) is 1. The van der Waals surface area contributed by atoms with Crippen molar-refractivity contribution < 1.29 is 14.3 Å². The van der Waals surface area contributed by atoms with Crippen molar-refractivity contribution in [3.63, 3.8) is 0 Å². The highest BCUT2D eigenvalue weighted by molar-refractivity contribution is 5.99. The van der Waals surface area contributed by atoms with Crippen LogP contribution in [0.25, 0.3) is 11.4 Å². The number of hydrogen-bond acceptors (Lipinski definition) is 6. The first-order chi connectivity index (χ1) is 19.0. The van der Waals surface area contributed by atoms with Gasteiger partial charge in [0, 0.05) is 37.9 Å². The summed E-state index contributed by atoms with van der Waals surface area (Å²) in [6.45, 7) is 6.88. The maximum atomic E-state index is 13.9. The Bertz CT molecular complexity index is 1290. The number of amides is 1. The standard InChI is InChI=1S/C32H38N4O3/c1-3-39-32(38)27-13-8-16-36(22-27)31(37)28-21-33-29(26-12-7-9-23(2)19-26)34-30(28)35-17-14-25(15-18-35)20-24-10-5-4-6-11-24/h4-7,9-12,19,21,25,27H,3,8,13-18,20,22H2,1-2H3/t27-/m0/s1. The molecule has 2 saturated heterocycles. The van der Waals surface area contributed by atoms with Gasteiger partial charge in [0.05, 0.1) is 12.5 Å². The summed E-state index contributed by atoms with van der Waals surface area (Å²) in [5.74, 6) is 1.31. The van der Waals surface area contributed by atoms with Crippen molar-refractivity contribution in [1.29, 1.82) is 0 Å². The molecule has 0 aliphatic carbocycles. The van der Waals surface area contributed by atoms with Crippen molar-refractivity contribution in [3.05, 3.63) is 77.5 Å². The zero-order valence-electron chi connectivity index (χ0n) is 23.0. The number of hydrogen-bond donors (Lipinski definition) is 0. The van der Waals surface area contributed by atoms with Gasteiger partial charge in [-0.15, -0.1) is 0 Å². The number of rotatable bonds is 7. The molecule has 1 aromatic heterocycles. The third-order valence-corrected chi connectivity index (χ3v) is 7.89. The first-order valence-electron chi connectivity index (χ1n) is 14.2. The highest BCUT2D eigenvalue weighted by Gasteiger charge is 2.33. The second-order valence-corrected chi connectivity index (χ2v) is 10.8. The second-order valence-electron chi connectivity index (χ2n) is 10.8. The summed E-state index contributed by atoms with van der Waals surface area (Å²) in [5.41, 5.74) is 3.96. The Kier molecular flexibility index (Phi) is 8.54. The predicted molar refractivity (Wildman–Crippen MR) is 153 cm³/mol. The van der Waals surface area contributed by atoms with E-state index in [9.17, 15) is 9.59 Å². The van der Waals surface area contributed by atoms with Crippen molar-refractivity contribution in [2.24, 2.45) is 11.8 Å². The molecule has 0 bridgehead atoms. The van der Waals surface area contributed by atoms with Crippen LogP contribution in [0.4, 0.5) is 5.82 Å². The number of benzene rings is 2. The molecule has 0 N–H and O–H groups in total. The quantitative estimate of drug-likeness (QED) is 0.388. The second kappa shape index (κ2) is 12.4. The van der Waals surface area contributed by atoms with Gasteiger partial charge in [-0.25, -0.2) is 9.97 Å². The molecule has 0 spiro atoms. The smallest absolute Gasteiger partial charge is 0.310 e. The van der Waals surface area contributed by atoms with E-state index < -0.39 is 0 Å². The summed E-state index contributed by atoms with van der Waals surface area (Å²) in [5, 5.41) is 0. The van der Waals surface area contributed by atoms with Crippen LogP contribution >= 0.6 is 0 Å². The van der Waals surface area contributed by atoms with E-state index in [0.29, 0.717) is 42.8 Å². The van der Waals surface area contributed by atoms with Crippen molar-refractivity contribution >= 4 is 17.7 Å². The molecular weight excluding hydrogens is 488 g/mol. The molecule has 0 radical (unpaired) electrons. The van der Waals surface area contributed by atoms with E-state index in [2.05, 4.69) is 59.3 Å². The number of carbonyl (C=O) groups is 2. The molecule has 0 saturated carbocycles. The van der Waals surface area contributed by atoms with E-state index in [0.717, 1.165) is 56.3 Å². The fraction of sp³-hybridized carbons (Fsp3) is 0.438. The zero-order chi connectivity index (χ0) is 27.2. The van der Waals surface area contributed by atoms with Crippen LogP contribution in [-0.4, -0.2) is 59.5 Å². The summed E-state index contributed by atoms with van der Waals surface area (Å²) in [7, 11) is 0. The number of anilines is 1. The maximum absolute atomic E-state index is 13.9. The first-order valence-corrected chi connectivity index (χ1v) is 14.2. The van der Waals surface area contributed by atoms with Crippen molar-refractivity contribution in [1.82, 2.24) is 14.9 Å². The molecule has 2 aliphatic heterocycles. The molecule has 7 nitrogen and oxygen atoms in total. The fourth-order valence-corrected chi connectivity index (χ4v) is 5.77. The summed E-state index contributed by atoms with van der Waals surface area (Å²) < 4.78 is 5.25. The number of piperidine rings is 2. The molecule has 2 aliphatic rings. The van der Waals surface area contributed by atoms with Crippen molar-refractivity contribution in [2.75, 3.05) is 37.7 Å². The molecule has 1 atom stereocenters. The lowest BCUT2D eigenvalue weighted by Crippen LogP contribution is -2.44. The van der Waals surface area contributed by atoms with Crippen LogP contribution in [0, 0.1) is 18.8 Å². The Morgan fingerprint density at radius 2 is 1.79 bits per heavy atom. The van der Waals surface area contributed by atoms with Gasteiger partial charge in [-0.05, 0) is 63.5 Å². The van der Waals surface area contributed by atoms with Gasteiger partial charge >= 0.3 is 5.97 Å². The van der Waals surface area contributed by atoms with E-state index in [1.807, 2.05) is 19.1 Å². The topological polar surface area (TPSA) is 75.6 Å². The molecule has 1 amide bonds. The lowest BCUT2D eigenvalue weighted by Gasteiger charge is -2.35. The predicted octanol–water partition coefficient (Wildman–Crippen LogP) is 5.33. The van der Waals surface area contributed by atoms with Gasteiger partial charge in [0.1, 0.15) is 11.4 Å². The molecule has 3 aromatic rings. The van der Waals surface area contributed by atoms with Gasteiger partial charge in [-0.1, -0.05) is 54.1 Å². The van der Waals surface area contributed by atoms with Crippen LogP contribution in [-0.2, 0) is 16.0 Å². The van der Waals surface area contributed by atoms with E-state index in [4.69, 9.17) is 9.72 Å². The van der Waals surface area contributed by atoms with Crippen LogP contribution in [0.5, 0.6) is 0 Å². The number of likely N-dealkylation sites (tertiary alicyclic amines) is 1. The van der Waals surface area contributed by atoms with Gasteiger partial charge in [-0.3, -0.25) is 9.59 Å². The number of aryl methyl sites for hydroxylation is 1. The van der Waals surface area contributed by atoms with Gasteiger partial charge in [0.2, 0.25) is 0 Å². The lowest BCUT2D eigenvalue weighted by atomic mass is 9.90. The minimum atomic E-state index is -0.285. The summed E-state index contributed by atoms with van der Waals surface area (Å²) in [6, 6.07) is 18.8. The molecule has 39 heavy (non-hydrogen) atoms. The van der Waals surface area contributed by atoms with Crippen LogP contribution in [0.1, 0.15) is 54.1 Å². The Hall–Kier alpha value is -3.74. The van der Waals surface area contributed by atoms with Gasteiger partial charge < -0.3 is 14.5 Å². The van der Waals surface area contributed by atoms with Crippen LogP contribution < -0.4 is 4.90 Å². The van der Waals surface area contributed by atoms with Crippen molar-refractivity contribution in [3.8, 4) is 11.4 Å². The lowest BCUT2D eigenvalue weighted by molar-refractivity contribution is -0.149. The number of esters is 1. The Balaban J connectivity index is 1.39. The summed E-state index contributed by atoms with van der Waals surface area (Å²) >= 11 is 0. The Morgan fingerprint density at radius 3 is 2.54 bits per heavy atom. The van der Waals surface area contributed by atoms with E-state index in [1.165, 1.54) is 5.56 Å². The van der Waals surface area contributed by atoms with Gasteiger partial charge in [0.25, 0.3) is 5.91 Å². The molecular formula is C32H38N4O3. The SMILES string of the molecule is CCOC(=O)[C@H]1CCCN(C(=O)c2cnc(-c3cccc(C)c3)nc2N2CCC(Cc3ccccc3)CC2)C1. The average Bonchev–Trinajstić information content (AvgIpc) is 2.98. The van der Waals surface area contributed by atoms with Crippen LogP contribution in [0.15, 0.2) is 60.8 Å². The number of aromatic nitrogens is 2. The highest BCUT2D eigenvalue weighted by Crippen LogP contribution is 2.30. The molecule has 7 heteroatoms. The zero-order valence-corrected chi connectivity index (χ0v) is 23.0. The number of nitrogens with zero attached hydrogens (tertiary/aromatic N) is 4. The third-order valence-electron chi connectivity index (χ3n) is 7.89. The normalized spacial score (nSPS) is 18.2. The largest absolute Gasteiger partial charge is 0.466 e. The number of carbonyl (C=O) groups excluding carboxylic acids is 2. The van der Waals surface area contributed by atoms with E-state index in [-0.39, 0.29) is 17.8 Å². The van der Waals surface area contributed by atoms with Crippen LogP contribution in [0.3, 0.4) is 0 Å². The van der Waals surface area contributed by atoms with Gasteiger partial charge in [-0.2, -0.15) is 0 Å². The third kappa shape index (κ3) is 6.47. The molecule has 2 aromatic carbocycles. The molecule has 0 unspecified atom stereocenters.